The number of nitrogens with one attached hydrogen (secondary N) is 1. The Kier molecular flexibility index (Phi) is 5.02. The Morgan fingerprint density at radius 3 is 2.50 bits per heavy atom. The minimum absolute atomic E-state index is 0.100. The zero-order valence-corrected chi connectivity index (χ0v) is 15.0. The fraction of sp³-hybridized carbons (Fsp3) is 0.318. The van der Waals surface area contributed by atoms with E-state index in [0.717, 1.165) is 44.8 Å². The molecule has 1 fully saturated rings. The first kappa shape index (κ1) is 16.9. The number of hydrogen-bond donors (Lipinski definition) is 1. The van der Waals surface area contributed by atoms with Crippen molar-refractivity contribution in [3.05, 3.63) is 71.8 Å². The van der Waals surface area contributed by atoms with Gasteiger partial charge in [-0.2, -0.15) is 0 Å². The SMILES string of the molecule is O=C(C1Cc2ccccc2N1)N1CCN(C/C=C/c2ccccc2)CC1. The Morgan fingerprint density at radius 1 is 1.00 bits per heavy atom. The number of para-hydroxylation sites is 1. The second kappa shape index (κ2) is 7.75. The number of anilines is 1. The molecule has 2 heterocycles. The van der Waals surface area contributed by atoms with Crippen LogP contribution in [0.15, 0.2) is 60.7 Å². The van der Waals surface area contributed by atoms with Gasteiger partial charge in [0.2, 0.25) is 5.91 Å². The van der Waals surface area contributed by atoms with E-state index in [0.29, 0.717) is 0 Å². The van der Waals surface area contributed by atoms with Crippen LogP contribution in [-0.2, 0) is 11.2 Å². The summed E-state index contributed by atoms with van der Waals surface area (Å²) in [7, 11) is 0. The van der Waals surface area contributed by atoms with Gasteiger partial charge in [-0.25, -0.2) is 0 Å². The third-order valence-electron chi connectivity index (χ3n) is 5.23. The molecule has 0 saturated carbocycles. The number of rotatable bonds is 4. The van der Waals surface area contributed by atoms with Crippen LogP contribution < -0.4 is 5.32 Å². The summed E-state index contributed by atoms with van der Waals surface area (Å²) in [6.07, 6.45) is 5.17. The maximum Gasteiger partial charge on any atom is 0.245 e. The van der Waals surface area contributed by atoms with Crippen LogP contribution in [0.3, 0.4) is 0 Å². The van der Waals surface area contributed by atoms with Gasteiger partial charge in [0.1, 0.15) is 6.04 Å². The first-order valence-corrected chi connectivity index (χ1v) is 9.37. The second-order valence-electron chi connectivity index (χ2n) is 7.00. The van der Waals surface area contributed by atoms with Crippen molar-refractivity contribution < 1.29 is 4.79 Å². The van der Waals surface area contributed by atoms with E-state index in [1.807, 2.05) is 23.1 Å². The van der Waals surface area contributed by atoms with E-state index in [9.17, 15) is 4.79 Å². The molecule has 0 spiro atoms. The van der Waals surface area contributed by atoms with Gasteiger partial charge in [-0.1, -0.05) is 60.7 Å². The van der Waals surface area contributed by atoms with Crippen molar-refractivity contribution in [3.8, 4) is 0 Å². The lowest BCUT2D eigenvalue weighted by atomic mass is 10.1. The highest BCUT2D eigenvalue weighted by Crippen LogP contribution is 2.26. The smallest absolute Gasteiger partial charge is 0.245 e. The predicted molar refractivity (Wildman–Crippen MR) is 106 cm³/mol. The molecule has 26 heavy (non-hydrogen) atoms. The molecule has 1 saturated heterocycles. The highest BCUT2D eigenvalue weighted by molar-refractivity contribution is 5.87. The molecule has 2 aromatic carbocycles. The number of carbonyl (C=O) groups is 1. The lowest BCUT2D eigenvalue weighted by Crippen LogP contribution is -2.52. The number of hydrogen-bond acceptors (Lipinski definition) is 3. The molecular weight excluding hydrogens is 322 g/mol. The van der Waals surface area contributed by atoms with E-state index < -0.39 is 0 Å². The van der Waals surface area contributed by atoms with Gasteiger partial charge in [0.05, 0.1) is 0 Å². The van der Waals surface area contributed by atoms with E-state index in [4.69, 9.17) is 0 Å². The van der Waals surface area contributed by atoms with E-state index in [1.54, 1.807) is 0 Å². The largest absolute Gasteiger partial charge is 0.373 e. The van der Waals surface area contributed by atoms with Crippen molar-refractivity contribution in [2.45, 2.75) is 12.5 Å². The Bertz CT molecular complexity index is 754. The van der Waals surface area contributed by atoms with Gasteiger partial charge in [-0.3, -0.25) is 9.69 Å². The molecule has 4 heteroatoms. The van der Waals surface area contributed by atoms with E-state index in [1.165, 1.54) is 11.1 Å². The molecule has 134 valence electrons. The van der Waals surface area contributed by atoms with Crippen LogP contribution in [0.5, 0.6) is 0 Å². The number of nitrogens with zero attached hydrogens (tertiary/aromatic N) is 2. The van der Waals surface area contributed by atoms with Crippen LogP contribution in [0.2, 0.25) is 0 Å². The lowest BCUT2D eigenvalue weighted by molar-refractivity contribution is -0.133. The summed E-state index contributed by atoms with van der Waals surface area (Å²) >= 11 is 0. The molecule has 2 aromatic rings. The Morgan fingerprint density at radius 2 is 1.73 bits per heavy atom. The Hall–Kier alpha value is -2.59. The molecule has 4 rings (SSSR count). The van der Waals surface area contributed by atoms with Gasteiger partial charge in [-0.15, -0.1) is 0 Å². The molecule has 2 aliphatic rings. The normalized spacial score (nSPS) is 20.2. The molecule has 0 radical (unpaired) electrons. The van der Waals surface area contributed by atoms with E-state index >= 15 is 0 Å². The van der Waals surface area contributed by atoms with Crippen molar-refractivity contribution in [2.75, 3.05) is 38.0 Å². The average molecular weight is 347 g/mol. The number of piperazine rings is 1. The van der Waals surface area contributed by atoms with E-state index in [2.05, 4.69) is 58.8 Å². The van der Waals surface area contributed by atoms with Crippen LogP contribution in [0.25, 0.3) is 6.08 Å². The number of carbonyl (C=O) groups excluding carboxylic acids is 1. The molecule has 0 bridgehead atoms. The fourth-order valence-electron chi connectivity index (χ4n) is 3.72. The van der Waals surface area contributed by atoms with Gasteiger partial charge in [0, 0.05) is 44.8 Å². The molecule has 1 atom stereocenters. The van der Waals surface area contributed by atoms with Gasteiger partial charge in [0.25, 0.3) is 0 Å². The van der Waals surface area contributed by atoms with Gasteiger partial charge < -0.3 is 10.2 Å². The first-order valence-electron chi connectivity index (χ1n) is 9.37. The van der Waals surface area contributed by atoms with Crippen molar-refractivity contribution in [2.24, 2.45) is 0 Å². The number of fused-ring (bicyclic) bond motifs is 1. The Balaban J connectivity index is 1.25. The highest BCUT2D eigenvalue weighted by Gasteiger charge is 2.31. The summed E-state index contributed by atoms with van der Waals surface area (Å²) in [6.45, 7) is 4.43. The van der Waals surface area contributed by atoms with Crippen LogP contribution in [0.1, 0.15) is 11.1 Å². The minimum atomic E-state index is -0.100. The number of amides is 1. The maximum absolute atomic E-state index is 12.8. The quantitative estimate of drug-likeness (QED) is 0.924. The van der Waals surface area contributed by atoms with Crippen molar-refractivity contribution in [1.82, 2.24) is 9.80 Å². The highest BCUT2D eigenvalue weighted by atomic mass is 16.2. The average Bonchev–Trinajstić information content (AvgIpc) is 3.13. The molecule has 0 aromatic heterocycles. The summed E-state index contributed by atoms with van der Waals surface area (Å²) in [5.74, 6) is 0.237. The van der Waals surface area contributed by atoms with Gasteiger partial charge >= 0.3 is 0 Å². The monoisotopic (exact) mass is 347 g/mol. The molecule has 1 unspecified atom stereocenters. The molecule has 1 amide bonds. The zero-order valence-electron chi connectivity index (χ0n) is 15.0. The summed E-state index contributed by atoms with van der Waals surface area (Å²) < 4.78 is 0. The van der Waals surface area contributed by atoms with Crippen LogP contribution >= 0.6 is 0 Å². The topological polar surface area (TPSA) is 35.6 Å². The maximum atomic E-state index is 12.8. The summed E-state index contributed by atoms with van der Waals surface area (Å²) in [5, 5.41) is 3.38. The molecular formula is C22H25N3O. The standard InChI is InChI=1S/C22H25N3O/c26-22(21-17-19-10-4-5-11-20(19)23-21)25-15-13-24(14-16-25)12-6-9-18-7-2-1-3-8-18/h1-11,21,23H,12-17H2/b9-6+. The molecule has 4 nitrogen and oxygen atoms in total. The van der Waals surface area contributed by atoms with E-state index in [-0.39, 0.29) is 11.9 Å². The summed E-state index contributed by atoms with van der Waals surface area (Å²) in [5.41, 5.74) is 3.58. The third-order valence-corrected chi connectivity index (χ3v) is 5.23. The third kappa shape index (κ3) is 3.81. The van der Waals surface area contributed by atoms with Crippen LogP contribution in [0, 0.1) is 0 Å². The summed E-state index contributed by atoms with van der Waals surface area (Å²) in [6, 6.07) is 18.5. The molecule has 1 N–H and O–H groups in total. The first-order chi connectivity index (χ1) is 12.8. The minimum Gasteiger partial charge on any atom is -0.373 e. The zero-order chi connectivity index (χ0) is 17.8. The molecule has 0 aliphatic carbocycles. The Labute approximate surface area is 155 Å². The van der Waals surface area contributed by atoms with Crippen molar-refractivity contribution >= 4 is 17.7 Å². The molecule has 2 aliphatic heterocycles. The lowest BCUT2D eigenvalue weighted by Gasteiger charge is -2.35. The van der Waals surface area contributed by atoms with Crippen molar-refractivity contribution in [1.29, 1.82) is 0 Å². The van der Waals surface area contributed by atoms with Crippen LogP contribution in [-0.4, -0.2) is 54.5 Å². The number of benzene rings is 2. The van der Waals surface area contributed by atoms with Crippen LogP contribution in [0.4, 0.5) is 5.69 Å². The predicted octanol–water partition coefficient (Wildman–Crippen LogP) is 2.88. The fourth-order valence-corrected chi connectivity index (χ4v) is 3.72. The van der Waals surface area contributed by atoms with Crippen molar-refractivity contribution in [3.63, 3.8) is 0 Å². The van der Waals surface area contributed by atoms with Gasteiger partial charge in [0.15, 0.2) is 0 Å². The van der Waals surface area contributed by atoms with Gasteiger partial charge in [-0.05, 0) is 17.2 Å². The second-order valence-corrected chi connectivity index (χ2v) is 7.00. The summed E-state index contributed by atoms with van der Waals surface area (Å²) in [4.78, 5) is 17.2.